The quantitative estimate of drug-likeness (QED) is 0.872. The molecule has 1 heterocycles. The highest BCUT2D eigenvalue weighted by molar-refractivity contribution is 6.30. The number of amides is 2. The van der Waals surface area contributed by atoms with Gasteiger partial charge < -0.3 is 10.6 Å². The Bertz CT molecular complexity index is 554. The molecule has 0 radical (unpaired) electrons. The van der Waals surface area contributed by atoms with Gasteiger partial charge in [0.1, 0.15) is 0 Å². The lowest BCUT2D eigenvalue weighted by molar-refractivity contribution is -0.133. The van der Waals surface area contributed by atoms with Crippen molar-refractivity contribution in [1.29, 1.82) is 0 Å². The first-order chi connectivity index (χ1) is 9.97. The van der Waals surface area contributed by atoms with Crippen LogP contribution in [-0.4, -0.2) is 29.3 Å². The van der Waals surface area contributed by atoms with Crippen molar-refractivity contribution in [2.75, 3.05) is 6.54 Å². The molecular formula is C16H19ClN2O2. The maximum atomic E-state index is 12.3. The molecule has 1 aromatic rings. The summed E-state index contributed by atoms with van der Waals surface area (Å²) < 4.78 is 0. The number of hydrogen-bond acceptors (Lipinski definition) is 2. The van der Waals surface area contributed by atoms with E-state index in [1.165, 1.54) is 6.08 Å². The molecule has 0 aromatic heterocycles. The second-order valence-electron chi connectivity index (χ2n) is 5.40. The Morgan fingerprint density at radius 1 is 1.29 bits per heavy atom. The highest BCUT2D eigenvalue weighted by Gasteiger charge is 2.30. The van der Waals surface area contributed by atoms with Gasteiger partial charge in [-0.25, -0.2) is 0 Å². The summed E-state index contributed by atoms with van der Waals surface area (Å²) in [5, 5.41) is 0.660. The van der Waals surface area contributed by atoms with E-state index in [0.29, 0.717) is 11.6 Å². The second kappa shape index (κ2) is 6.76. The highest BCUT2D eigenvalue weighted by Crippen LogP contribution is 2.22. The minimum atomic E-state index is -0.332. The molecule has 0 aliphatic carbocycles. The van der Waals surface area contributed by atoms with Gasteiger partial charge in [-0.2, -0.15) is 0 Å². The third-order valence-electron chi connectivity index (χ3n) is 3.86. The summed E-state index contributed by atoms with van der Waals surface area (Å²) in [5.74, 6) is -0.668. The second-order valence-corrected chi connectivity index (χ2v) is 5.84. The van der Waals surface area contributed by atoms with Crippen molar-refractivity contribution in [3.8, 4) is 0 Å². The summed E-state index contributed by atoms with van der Waals surface area (Å²) >= 11 is 5.82. The first-order valence-electron chi connectivity index (χ1n) is 7.01. The fourth-order valence-corrected chi connectivity index (χ4v) is 2.61. The number of carbonyl (C=O) groups excluding carboxylic acids is 2. The van der Waals surface area contributed by atoms with E-state index in [4.69, 9.17) is 17.3 Å². The molecule has 2 N–H and O–H groups in total. The summed E-state index contributed by atoms with van der Waals surface area (Å²) in [5.41, 5.74) is 6.25. The van der Waals surface area contributed by atoms with Crippen LogP contribution in [0.3, 0.4) is 0 Å². The molecule has 0 spiro atoms. The number of hydrogen-bond donors (Lipinski definition) is 1. The van der Waals surface area contributed by atoms with Crippen LogP contribution >= 0.6 is 11.6 Å². The van der Waals surface area contributed by atoms with E-state index in [2.05, 4.69) is 0 Å². The summed E-state index contributed by atoms with van der Waals surface area (Å²) in [7, 11) is 0. The zero-order valence-corrected chi connectivity index (χ0v) is 12.7. The number of halogens is 1. The lowest BCUT2D eigenvalue weighted by Gasteiger charge is -2.36. The highest BCUT2D eigenvalue weighted by atomic mass is 35.5. The Balaban J connectivity index is 2.04. The van der Waals surface area contributed by atoms with Crippen molar-refractivity contribution >= 4 is 29.5 Å². The predicted octanol–water partition coefficient (Wildman–Crippen LogP) is 2.47. The monoisotopic (exact) mass is 306 g/mol. The number of nitrogens with zero attached hydrogens (tertiary/aromatic N) is 1. The number of rotatable bonds is 3. The molecule has 21 heavy (non-hydrogen) atoms. The molecule has 0 saturated carbocycles. The van der Waals surface area contributed by atoms with Crippen molar-refractivity contribution in [1.82, 2.24) is 4.90 Å². The summed E-state index contributed by atoms with van der Waals surface area (Å²) in [6.45, 7) is 2.39. The largest absolute Gasteiger partial charge is 0.369 e. The van der Waals surface area contributed by atoms with E-state index >= 15 is 0 Å². The molecule has 2 rings (SSSR count). The van der Waals surface area contributed by atoms with Crippen molar-refractivity contribution in [3.63, 3.8) is 0 Å². The number of piperidine rings is 1. The fraction of sp³-hybridized carbons (Fsp3) is 0.375. The lowest BCUT2D eigenvalue weighted by atomic mass is 9.93. The maximum Gasteiger partial charge on any atom is 0.246 e. The topological polar surface area (TPSA) is 63.4 Å². The molecule has 1 aliphatic rings. The minimum Gasteiger partial charge on any atom is -0.369 e. The van der Waals surface area contributed by atoms with E-state index in [1.807, 2.05) is 19.1 Å². The predicted molar refractivity (Wildman–Crippen MR) is 83.6 cm³/mol. The molecule has 5 heteroatoms. The summed E-state index contributed by atoms with van der Waals surface area (Å²) in [6.07, 6.45) is 4.83. The van der Waals surface area contributed by atoms with E-state index in [0.717, 1.165) is 18.4 Å². The Morgan fingerprint density at radius 3 is 2.57 bits per heavy atom. The van der Waals surface area contributed by atoms with Crippen LogP contribution in [0.1, 0.15) is 25.3 Å². The van der Waals surface area contributed by atoms with Gasteiger partial charge in [0.2, 0.25) is 11.8 Å². The third-order valence-corrected chi connectivity index (χ3v) is 4.11. The normalized spacial score (nSPS) is 22.5. The van der Waals surface area contributed by atoms with Gasteiger partial charge in [-0.15, -0.1) is 0 Å². The number of likely N-dealkylation sites (tertiary alicyclic amines) is 1. The smallest absolute Gasteiger partial charge is 0.246 e. The Morgan fingerprint density at radius 2 is 1.95 bits per heavy atom. The van der Waals surface area contributed by atoms with Crippen LogP contribution in [0.2, 0.25) is 5.02 Å². The van der Waals surface area contributed by atoms with E-state index in [-0.39, 0.29) is 23.8 Å². The van der Waals surface area contributed by atoms with Gasteiger partial charge in [0.05, 0.1) is 5.92 Å². The van der Waals surface area contributed by atoms with Gasteiger partial charge in [0, 0.05) is 23.7 Å². The van der Waals surface area contributed by atoms with E-state index < -0.39 is 0 Å². The average molecular weight is 307 g/mol. The molecule has 1 fully saturated rings. The van der Waals surface area contributed by atoms with Crippen molar-refractivity contribution < 1.29 is 9.59 Å². The Kier molecular flexibility index (Phi) is 5.02. The van der Waals surface area contributed by atoms with Gasteiger partial charge in [-0.05, 0) is 43.5 Å². The fourth-order valence-electron chi connectivity index (χ4n) is 2.48. The third kappa shape index (κ3) is 4.08. The van der Waals surface area contributed by atoms with Gasteiger partial charge in [-0.3, -0.25) is 9.59 Å². The van der Waals surface area contributed by atoms with Crippen LogP contribution in [0, 0.1) is 5.92 Å². The standard InChI is InChI=1S/C16H19ClN2O2/c1-11-2-6-13(16(18)21)10-19(11)15(20)9-5-12-3-7-14(17)8-4-12/h3-5,7-9,11,13H,2,6,10H2,1H3,(H2,18,21)/b9-5-/t11-,13-/m1/s1. The van der Waals surface area contributed by atoms with Gasteiger partial charge in [0.25, 0.3) is 0 Å². The van der Waals surface area contributed by atoms with Crippen molar-refractivity contribution in [2.45, 2.75) is 25.8 Å². The number of carbonyl (C=O) groups is 2. The molecule has 1 saturated heterocycles. The average Bonchev–Trinajstić information content (AvgIpc) is 2.46. The lowest BCUT2D eigenvalue weighted by Crippen LogP contribution is -2.48. The van der Waals surface area contributed by atoms with Crippen molar-refractivity contribution in [2.24, 2.45) is 11.7 Å². The summed E-state index contributed by atoms with van der Waals surface area (Å²) in [6, 6.07) is 7.37. The molecular weight excluding hydrogens is 288 g/mol. The van der Waals surface area contributed by atoms with Gasteiger partial charge >= 0.3 is 0 Å². The SMILES string of the molecule is C[C@@H]1CC[C@@H](C(N)=O)CN1C(=O)/C=C\c1ccc(Cl)cc1. The van der Waals surface area contributed by atoms with Crippen LogP contribution in [0.25, 0.3) is 6.08 Å². The zero-order valence-electron chi connectivity index (χ0n) is 12.0. The molecule has 4 nitrogen and oxygen atoms in total. The van der Waals surface area contributed by atoms with Crippen LogP contribution in [0.5, 0.6) is 0 Å². The van der Waals surface area contributed by atoms with Crippen LogP contribution in [0.15, 0.2) is 30.3 Å². The van der Waals surface area contributed by atoms with Crippen molar-refractivity contribution in [3.05, 3.63) is 40.9 Å². The minimum absolute atomic E-state index is 0.0941. The van der Waals surface area contributed by atoms with Crippen LogP contribution in [0.4, 0.5) is 0 Å². The van der Waals surface area contributed by atoms with Crippen LogP contribution in [-0.2, 0) is 9.59 Å². The van der Waals surface area contributed by atoms with E-state index in [1.54, 1.807) is 23.1 Å². The first kappa shape index (κ1) is 15.6. The maximum absolute atomic E-state index is 12.3. The molecule has 0 bridgehead atoms. The number of benzene rings is 1. The van der Waals surface area contributed by atoms with Crippen LogP contribution < -0.4 is 5.73 Å². The Hall–Kier alpha value is -1.81. The van der Waals surface area contributed by atoms with E-state index in [9.17, 15) is 9.59 Å². The molecule has 1 aromatic carbocycles. The molecule has 0 unspecified atom stereocenters. The number of nitrogens with two attached hydrogens (primary N) is 1. The summed E-state index contributed by atoms with van der Waals surface area (Å²) in [4.78, 5) is 25.3. The molecule has 112 valence electrons. The Labute approximate surface area is 129 Å². The zero-order chi connectivity index (χ0) is 15.4. The van der Waals surface area contributed by atoms with Gasteiger partial charge in [0.15, 0.2) is 0 Å². The van der Waals surface area contributed by atoms with Gasteiger partial charge in [-0.1, -0.05) is 23.7 Å². The number of primary amides is 1. The first-order valence-corrected chi connectivity index (χ1v) is 7.38. The molecule has 2 amide bonds. The molecule has 2 atom stereocenters. The molecule has 1 aliphatic heterocycles.